The van der Waals surface area contributed by atoms with Crippen LogP contribution in [-0.2, 0) is 18.3 Å². The summed E-state index contributed by atoms with van der Waals surface area (Å²) in [5, 5.41) is 7.55. The number of aromatic nitrogens is 4. The first kappa shape index (κ1) is 20.5. The van der Waals surface area contributed by atoms with Gasteiger partial charge in [-0.3, -0.25) is 14.2 Å². The fraction of sp³-hybridized carbons (Fsp3) is 0.250. The molecule has 0 saturated carbocycles. The summed E-state index contributed by atoms with van der Waals surface area (Å²) in [7, 11) is 1.72. The van der Waals surface area contributed by atoms with Crippen molar-refractivity contribution in [1.29, 1.82) is 0 Å². The summed E-state index contributed by atoms with van der Waals surface area (Å²) in [6.45, 7) is 5.79. The number of benzene rings is 2. The molecule has 0 saturated heterocycles. The van der Waals surface area contributed by atoms with Gasteiger partial charge in [-0.15, -0.1) is 0 Å². The summed E-state index contributed by atoms with van der Waals surface area (Å²) in [5.74, 6) is -0.141. The maximum absolute atomic E-state index is 13.0. The molecule has 2 aromatic heterocycles. The van der Waals surface area contributed by atoms with Crippen LogP contribution in [0, 0.1) is 20.8 Å². The van der Waals surface area contributed by atoms with Crippen molar-refractivity contribution in [3.63, 3.8) is 0 Å². The van der Waals surface area contributed by atoms with Crippen LogP contribution in [0.25, 0.3) is 16.9 Å². The van der Waals surface area contributed by atoms with Gasteiger partial charge < -0.3 is 5.32 Å². The third-order valence-corrected chi connectivity index (χ3v) is 5.46. The van der Waals surface area contributed by atoms with Crippen LogP contribution in [0.2, 0.25) is 0 Å². The van der Waals surface area contributed by atoms with Gasteiger partial charge in [-0.2, -0.15) is 5.10 Å². The maximum Gasteiger partial charge on any atom is 0.273 e. The lowest BCUT2D eigenvalue weighted by molar-refractivity contribution is -0.116. The Hall–Kier alpha value is -3.74. The average Bonchev–Trinajstić information content (AvgIpc) is 3.09. The highest BCUT2D eigenvalue weighted by molar-refractivity contribution is 5.92. The first-order valence-electron chi connectivity index (χ1n) is 10.2. The highest BCUT2D eigenvalue weighted by Gasteiger charge is 2.18. The summed E-state index contributed by atoms with van der Waals surface area (Å²) in [6.07, 6.45) is 0.433. The first-order valence-corrected chi connectivity index (χ1v) is 10.2. The average molecular weight is 415 g/mol. The van der Waals surface area contributed by atoms with Crippen molar-refractivity contribution in [2.24, 2.45) is 7.05 Å². The molecule has 4 rings (SSSR count). The molecule has 0 bridgehead atoms. The Labute approximate surface area is 180 Å². The zero-order chi connectivity index (χ0) is 22.1. The van der Waals surface area contributed by atoms with E-state index in [9.17, 15) is 9.59 Å². The van der Waals surface area contributed by atoms with Crippen LogP contribution in [0.15, 0.2) is 53.3 Å². The minimum absolute atomic E-state index is 0.141. The minimum Gasteiger partial charge on any atom is -0.326 e. The van der Waals surface area contributed by atoms with E-state index in [1.165, 1.54) is 0 Å². The van der Waals surface area contributed by atoms with E-state index in [-0.39, 0.29) is 24.3 Å². The van der Waals surface area contributed by atoms with E-state index < -0.39 is 0 Å². The van der Waals surface area contributed by atoms with Crippen molar-refractivity contribution in [2.45, 2.75) is 33.6 Å². The van der Waals surface area contributed by atoms with Gasteiger partial charge in [0.05, 0.1) is 11.4 Å². The van der Waals surface area contributed by atoms with Crippen molar-refractivity contribution in [2.75, 3.05) is 5.32 Å². The molecule has 7 nitrogen and oxygen atoms in total. The number of fused-ring (bicyclic) bond motifs is 1. The van der Waals surface area contributed by atoms with E-state index >= 15 is 0 Å². The lowest BCUT2D eigenvalue weighted by Gasteiger charge is -2.11. The molecular weight excluding hydrogens is 390 g/mol. The van der Waals surface area contributed by atoms with Gasteiger partial charge >= 0.3 is 0 Å². The second-order valence-corrected chi connectivity index (χ2v) is 7.74. The molecule has 0 aliphatic heterocycles. The van der Waals surface area contributed by atoms with Gasteiger partial charge in [-0.05, 0) is 44.0 Å². The number of hydrogen-bond acceptors (Lipinski definition) is 4. The molecule has 0 atom stereocenters. The van der Waals surface area contributed by atoms with Gasteiger partial charge in [0.1, 0.15) is 11.2 Å². The number of carbonyl (C=O) groups is 1. The van der Waals surface area contributed by atoms with Crippen LogP contribution >= 0.6 is 0 Å². The zero-order valence-electron chi connectivity index (χ0n) is 18.1. The van der Waals surface area contributed by atoms with Gasteiger partial charge in [-0.25, -0.2) is 9.67 Å². The second kappa shape index (κ2) is 8.18. The van der Waals surface area contributed by atoms with Crippen molar-refractivity contribution in [1.82, 2.24) is 19.3 Å². The first-order chi connectivity index (χ1) is 14.9. The molecule has 2 aromatic carbocycles. The number of aryl methyl sites for hydroxylation is 5. The third kappa shape index (κ3) is 3.86. The summed E-state index contributed by atoms with van der Waals surface area (Å²) < 4.78 is 3.30. The molecule has 7 heteroatoms. The Morgan fingerprint density at radius 1 is 1.00 bits per heavy atom. The van der Waals surface area contributed by atoms with Gasteiger partial charge in [0.15, 0.2) is 5.65 Å². The summed E-state index contributed by atoms with van der Waals surface area (Å²) in [6, 6.07) is 15.5. The number of nitrogens with one attached hydrogen (secondary N) is 1. The van der Waals surface area contributed by atoms with E-state index in [0.29, 0.717) is 16.9 Å². The molecule has 31 heavy (non-hydrogen) atoms. The Kier molecular flexibility index (Phi) is 5.42. The van der Waals surface area contributed by atoms with E-state index in [2.05, 4.69) is 15.4 Å². The fourth-order valence-electron chi connectivity index (χ4n) is 3.77. The van der Waals surface area contributed by atoms with Crippen molar-refractivity contribution < 1.29 is 4.79 Å². The molecule has 0 radical (unpaired) electrons. The smallest absolute Gasteiger partial charge is 0.273 e. The summed E-state index contributed by atoms with van der Waals surface area (Å²) in [5.41, 5.74) is 5.87. The summed E-state index contributed by atoms with van der Waals surface area (Å²) in [4.78, 5) is 30.1. The van der Waals surface area contributed by atoms with E-state index in [1.807, 2.05) is 69.3 Å². The van der Waals surface area contributed by atoms with Gasteiger partial charge in [0.2, 0.25) is 5.91 Å². The molecule has 0 spiro atoms. The molecule has 158 valence electrons. The number of amides is 1. The Balaban J connectivity index is 1.62. The zero-order valence-corrected chi connectivity index (χ0v) is 18.1. The predicted octanol–water partition coefficient (Wildman–Crippen LogP) is 3.62. The largest absolute Gasteiger partial charge is 0.326 e. The van der Waals surface area contributed by atoms with Crippen LogP contribution in [0.3, 0.4) is 0 Å². The topological polar surface area (TPSA) is 81.8 Å². The molecule has 0 unspecified atom stereocenters. The van der Waals surface area contributed by atoms with Crippen LogP contribution in [0.5, 0.6) is 0 Å². The van der Waals surface area contributed by atoms with Gasteiger partial charge in [0.25, 0.3) is 5.56 Å². The number of hydrogen-bond donors (Lipinski definition) is 1. The molecular formula is C24H25N5O2. The second-order valence-electron chi connectivity index (χ2n) is 7.74. The fourth-order valence-corrected chi connectivity index (χ4v) is 3.77. The van der Waals surface area contributed by atoms with Crippen molar-refractivity contribution in [3.8, 4) is 5.69 Å². The molecule has 1 N–H and O–H groups in total. The molecule has 1 amide bonds. The van der Waals surface area contributed by atoms with Crippen LogP contribution in [0.1, 0.15) is 28.9 Å². The molecule has 0 aliphatic rings. The van der Waals surface area contributed by atoms with Crippen molar-refractivity contribution in [3.05, 3.63) is 81.4 Å². The van der Waals surface area contributed by atoms with Crippen LogP contribution in [-0.4, -0.2) is 25.2 Å². The Morgan fingerprint density at radius 2 is 1.68 bits per heavy atom. The lowest BCUT2D eigenvalue weighted by atomic mass is 10.1. The molecule has 0 aliphatic carbocycles. The molecule has 0 fully saturated rings. The lowest BCUT2D eigenvalue weighted by Crippen LogP contribution is -2.25. The van der Waals surface area contributed by atoms with Crippen LogP contribution < -0.4 is 10.9 Å². The number of carbonyl (C=O) groups excluding carboxylic acids is 1. The molecule has 4 aromatic rings. The number of rotatable bonds is 5. The third-order valence-electron chi connectivity index (χ3n) is 5.46. The SMILES string of the molecule is Cc1cccc(C)c1NC(=O)CCc1nc2c(C)nn(-c3ccccc3)c2n(C)c1=O. The number of para-hydroxylation sites is 2. The monoisotopic (exact) mass is 415 g/mol. The standard InChI is InChI=1S/C24H25N5O2/c1-15-9-8-10-16(2)21(15)26-20(30)14-13-19-24(31)28(4)23-22(25-19)17(3)27-29(23)18-11-6-5-7-12-18/h5-12H,13-14H2,1-4H3,(H,26,30). The predicted molar refractivity (Wildman–Crippen MR) is 122 cm³/mol. The Bertz CT molecular complexity index is 1320. The van der Waals surface area contributed by atoms with Gasteiger partial charge in [-0.1, -0.05) is 36.4 Å². The van der Waals surface area contributed by atoms with Crippen molar-refractivity contribution >= 4 is 22.8 Å². The number of nitrogens with zero attached hydrogens (tertiary/aromatic N) is 4. The normalized spacial score (nSPS) is 11.1. The number of anilines is 1. The summed E-state index contributed by atoms with van der Waals surface area (Å²) >= 11 is 0. The quantitative estimate of drug-likeness (QED) is 0.540. The minimum atomic E-state index is -0.218. The molecule has 2 heterocycles. The Morgan fingerprint density at radius 3 is 2.35 bits per heavy atom. The van der Waals surface area contributed by atoms with E-state index in [1.54, 1.807) is 16.3 Å². The highest BCUT2D eigenvalue weighted by Crippen LogP contribution is 2.21. The van der Waals surface area contributed by atoms with E-state index in [0.717, 1.165) is 28.2 Å². The highest BCUT2D eigenvalue weighted by atomic mass is 16.1. The van der Waals surface area contributed by atoms with Crippen LogP contribution in [0.4, 0.5) is 5.69 Å². The maximum atomic E-state index is 13.0. The van der Waals surface area contributed by atoms with E-state index in [4.69, 9.17) is 0 Å². The van der Waals surface area contributed by atoms with Gasteiger partial charge in [0, 0.05) is 25.6 Å².